The van der Waals surface area contributed by atoms with Gasteiger partial charge in [-0.1, -0.05) is 26.0 Å². The van der Waals surface area contributed by atoms with Gasteiger partial charge in [-0.2, -0.15) is 0 Å². The molecule has 0 radical (unpaired) electrons. The number of halogens is 1. The Kier molecular flexibility index (Phi) is 13.5. The molecule has 1 aromatic carbocycles. The lowest BCUT2D eigenvalue weighted by atomic mass is 9.93. The number of hydrogen-bond donors (Lipinski definition) is 2. The number of nitrogens with one attached hydrogen (secondary N) is 2. The third-order valence-electron chi connectivity index (χ3n) is 4.12. The number of benzene rings is 1. The largest absolute Gasteiger partial charge is 0.493 e. The van der Waals surface area contributed by atoms with Gasteiger partial charge in [0.15, 0.2) is 5.96 Å². The Morgan fingerprint density at radius 3 is 2.50 bits per heavy atom. The van der Waals surface area contributed by atoms with E-state index in [4.69, 9.17) is 9.47 Å². The Bertz CT molecular complexity index is 592. The summed E-state index contributed by atoms with van der Waals surface area (Å²) in [6.45, 7) is 10.4. The van der Waals surface area contributed by atoms with Crippen molar-refractivity contribution >= 4 is 29.9 Å². The van der Waals surface area contributed by atoms with Crippen molar-refractivity contribution in [1.82, 2.24) is 15.5 Å². The summed E-state index contributed by atoms with van der Waals surface area (Å²) < 4.78 is 11.0. The number of guanidine groups is 1. The van der Waals surface area contributed by atoms with Gasteiger partial charge < -0.3 is 25.0 Å². The first kappa shape index (κ1) is 26.9. The van der Waals surface area contributed by atoms with E-state index >= 15 is 0 Å². The van der Waals surface area contributed by atoms with Crippen LogP contribution in [0.15, 0.2) is 23.2 Å². The molecule has 0 unspecified atom stereocenters. The Labute approximate surface area is 188 Å². The monoisotopic (exact) mass is 506 g/mol. The summed E-state index contributed by atoms with van der Waals surface area (Å²) in [5, 5.41) is 6.82. The highest BCUT2D eigenvalue weighted by molar-refractivity contribution is 14.0. The van der Waals surface area contributed by atoms with Crippen LogP contribution in [-0.4, -0.2) is 65.4 Å². The highest BCUT2D eigenvalue weighted by atomic mass is 127. The second-order valence-corrected chi connectivity index (χ2v) is 7.99. The molecule has 0 aliphatic rings. The molecule has 0 bridgehead atoms. The zero-order valence-corrected chi connectivity index (χ0v) is 20.9. The van der Waals surface area contributed by atoms with Crippen LogP contribution in [0, 0.1) is 12.3 Å². The third kappa shape index (κ3) is 11.1. The molecule has 0 heterocycles. The smallest absolute Gasteiger partial charge is 0.191 e. The zero-order chi connectivity index (χ0) is 20.3. The second kappa shape index (κ2) is 14.0. The fourth-order valence-electron chi connectivity index (χ4n) is 2.96. The fraction of sp³-hybridized carbons (Fsp3) is 0.667. The van der Waals surface area contributed by atoms with Crippen LogP contribution < -0.4 is 15.4 Å². The molecule has 0 saturated heterocycles. The molecule has 0 aromatic heterocycles. The zero-order valence-electron chi connectivity index (χ0n) is 18.6. The molecule has 162 valence electrons. The molecule has 0 fully saturated rings. The average Bonchev–Trinajstić information content (AvgIpc) is 2.59. The number of ether oxygens (including phenoxy) is 2. The number of hydrogen-bond acceptors (Lipinski definition) is 4. The van der Waals surface area contributed by atoms with Gasteiger partial charge in [0.2, 0.25) is 0 Å². The highest BCUT2D eigenvalue weighted by Gasteiger charge is 2.19. The van der Waals surface area contributed by atoms with E-state index < -0.39 is 0 Å². The number of aliphatic imine (C=N–C) groups is 1. The van der Waals surface area contributed by atoms with Crippen molar-refractivity contribution in [3.63, 3.8) is 0 Å². The minimum Gasteiger partial charge on any atom is -0.493 e. The van der Waals surface area contributed by atoms with Gasteiger partial charge in [0.05, 0.1) is 6.61 Å². The summed E-state index contributed by atoms with van der Waals surface area (Å²) >= 11 is 0. The summed E-state index contributed by atoms with van der Waals surface area (Å²) in [4.78, 5) is 6.55. The van der Waals surface area contributed by atoms with E-state index in [1.807, 2.05) is 0 Å². The molecule has 2 N–H and O–H groups in total. The quantitative estimate of drug-likeness (QED) is 0.209. The summed E-state index contributed by atoms with van der Waals surface area (Å²) in [6, 6.07) is 6.30. The summed E-state index contributed by atoms with van der Waals surface area (Å²) in [6.07, 6.45) is 0.876. The van der Waals surface area contributed by atoms with E-state index in [1.54, 1.807) is 14.2 Å². The molecule has 28 heavy (non-hydrogen) atoms. The summed E-state index contributed by atoms with van der Waals surface area (Å²) in [5.74, 6) is 1.72. The van der Waals surface area contributed by atoms with Gasteiger partial charge in [-0.05, 0) is 38.1 Å². The van der Waals surface area contributed by atoms with E-state index in [0.29, 0.717) is 19.8 Å². The van der Waals surface area contributed by atoms with Gasteiger partial charge >= 0.3 is 0 Å². The SMILES string of the molecule is CN=C(NCc1ccc(C)cc1OCCCOC)NCC(C)(C)CN(C)C.I. The Morgan fingerprint density at radius 1 is 1.18 bits per heavy atom. The lowest BCUT2D eigenvalue weighted by Gasteiger charge is -2.29. The van der Waals surface area contributed by atoms with Gasteiger partial charge in [0.25, 0.3) is 0 Å². The van der Waals surface area contributed by atoms with E-state index in [9.17, 15) is 0 Å². The van der Waals surface area contributed by atoms with Crippen LogP contribution in [0.25, 0.3) is 0 Å². The van der Waals surface area contributed by atoms with Crippen molar-refractivity contribution in [2.24, 2.45) is 10.4 Å². The molecule has 6 nitrogen and oxygen atoms in total. The number of aryl methyl sites for hydroxylation is 1. The van der Waals surface area contributed by atoms with E-state index in [2.05, 4.69) is 73.6 Å². The molecular formula is C21H39IN4O2. The Balaban J connectivity index is 0.00000729. The topological polar surface area (TPSA) is 58.1 Å². The molecule has 0 saturated carbocycles. The van der Waals surface area contributed by atoms with Crippen molar-refractivity contribution in [2.45, 2.75) is 33.7 Å². The average molecular weight is 506 g/mol. The van der Waals surface area contributed by atoms with Crippen molar-refractivity contribution in [3.8, 4) is 5.75 Å². The summed E-state index contributed by atoms with van der Waals surface area (Å²) in [5.41, 5.74) is 2.46. The fourth-order valence-corrected chi connectivity index (χ4v) is 2.96. The van der Waals surface area contributed by atoms with Crippen LogP contribution in [0.2, 0.25) is 0 Å². The number of nitrogens with zero attached hydrogens (tertiary/aromatic N) is 2. The maximum atomic E-state index is 5.96. The standard InChI is InChI=1S/C21H38N4O2.HI/c1-17-9-10-18(19(13-17)27-12-8-11-26-7)14-23-20(22-4)24-15-21(2,3)16-25(5)6;/h9-10,13H,8,11-12,14-16H2,1-7H3,(H2,22,23,24);1H. The van der Waals surface area contributed by atoms with Crippen molar-refractivity contribution < 1.29 is 9.47 Å². The second-order valence-electron chi connectivity index (χ2n) is 7.99. The first-order valence-corrected chi connectivity index (χ1v) is 9.58. The molecule has 0 atom stereocenters. The number of rotatable bonds is 11. The lowest BCUT2D eigenvalue weighted by molar-refractivity contribution is 0.171. The highest BCUT2D eigenvalue weighted by Crippen LogP contribution is 2.20. The molecule has 0 amide bonds. The van der Waals surface area contributed by atoms with E-state index in [-0.39, 0.29) is 29.4 Å². The van der Waals surface area contributed by atoms with Crippen molar-refractivity contribution in [3.05, 3.63) is 29.3 Å². The van der Waals surface area contributed by atoms with Crippen LogP contribution in [0.4, 0.5) is 0 Å². The molecular weight excluding hydrogens is 467 g/mol. The van der Waals surface area contributed by atoms with E-state index in [0.717, 1.165) is 36.8 Å². The molecule has 1 rings (SSSR count). The minimum absolute atomic E-state index is 0. The van der Waals surface area contributed by atoms with Gasteiger partial charge in [0, 0.05) is 52.4 Å². The maximum absolute atomic E-state index is 5.96. The predicted octanol–water partition coefficient (Wildman–Crippen LogP) is 3.28. The molecule has 0 spiro atoms. The molecule has 7 heteroatoms. The van der Waals surface area contributed by atoms with Gasteiger partial charge in [-0.3, -0.25) is 4.99 Å². The van der Waals surface area contributed by atoms with Gasteiger partial charge in [0.1, 0.15) is 5.75 Å². The number of methoxy groups -OCH3 is 1. The van der Waals surface area contributed by atoms with Crippen molar-refractivity contribution in [2.75, 3.05) is 54.6 Å². The third-order valence-corrected chi connectivity index (χ3v) is 4.12. The molecule has 0 aliphatic heterocycles. The lowest BCUT2D eigenvalue weighted by Crippen LogP contribution is -2.44. The minimum atomic E-state index is 0. The normalized spacial score (nSPS) is 11.9. The Hall–Kier alpha value is -1.06. The first-order chi connectivity index (χ1) is 12.8. The van der Waals surface area contributed by atoms with Crippen LogP contribution in [0.1, 0.15) is 31.4 Å². The van der Waals surface area contributed by atoms with Crippen LogP contribution in [0.5, 0.6) is 5.75 Å². The van der Waals surface area contributed by atoms with Crippen LogP contribution in [-0.2, 0) is 11.3 Å². The molecule has 0 aliphatic carbocycles. The van der Waals surface area contributed by atoms with E-state index in [1.165, 1.54) is 5.56 Å². The first-order valence-electron chi connectivity index (χ1n) is 9.58. The van der Waals surface area contributed by atoms with Crippen LogP contribution in [0.3, 0.4) is 0 Å². The summed E-state index contributed by atoms with van der Waals surface area (Å²) in [7, 11) is 7.70. The predicted molar refractivity (Wildman–Crippen MR) is 129 cm³/mol. The van der Waals surface area contributed by atoms with Gasteiger partial charge in [-0.25, -0.2) is 0 Å². The molecule has 1 aromatic rings. The van der Waals surface area contributed by atoms with Crippen molar-refractivity contribution in [1.29, 1.82) is 0 Å². The van der Waals surface area contributed by atoms with Gasteiger partial charge in [-0.15, -0.1) is 24.0 Å². The Morgan fingerprint density at radius 2 is 1.89 bits per heavy atom. The maximum Gasteiger partial charge on any atom is 0.191 e. The van der Waals surface area contributed by atoms with Crippen LogP contribution >= 0.6 is 24.0 Å².